The minimum atomic E-state index is -0.413. The van der Waals surface area contributed by atoms with Gasteiger partial charge in [-0.3, -0.25) is 4.79 Å². The Bertz CT molecular complexity index is 957. The van der Waals surface area contributed by atoms with Gasteiger partial charge in [0.1, 0.15) is 17.1 Å². The highest BCUT2D eigenvalue weighted by molar-refractivity contribution is 5.98. The van der Waals surface area contributed by atoms with Gasteiger partial charge in [0.25, 0.3) is 5.91 Å². The molecule has 0 radical (unpaired) electrons. The van der Waals surface area contributed by atoms with E-state index in [2.05, 4.69) is 21.5 Å². The average Bonchev–Trinajstić information content (AvgIpc) is 2.99. The van der Waals surface area contributed by atoms with Crippen LogP contribution in [0.25, 0.3) is 10.9 Å². The van der Waals surface area contributed by atoms with E-state index in [0.29, 0.717) is 11.3 Å². The van der Waals surface area contributed by atoms with Crippen LogP contribution in [0.2, 0.25) is 0 Å². The number of carbonyl (C=O) groups excluding carboxylic acids is 1. The zero-order chi connectivity index (χ0) is 16.0. The number of aromatic amines is 1. The molecule has 6 heteroatoms. The highest BCUT2D eigenvalue weighted by Crippen LogP contribution is 2.45. The molecule has 1 aliphatic rings. The second-order valence-corrected chi connectivity index (χ2v) is 5.96. The summed E-state index contributed by atoms with van der Waals surface area (Å²) in [6, 6.07) is 11.0. The zero-order valence-corrected chi connectivity index (χ0v) is 12.5. The predicted octanol–water partition coefficient (Wildman–Crippen LogP) is 2.76. The summed E-state index contributed by atoms with van der Waals surface area (Å²) in [6.07, 6.45) is 1.70. The molecule has 0 unspecified atom stereocenters. The van der Waals surface area contributed by atoms with Gasteiger partial charge < -0.3 is 14.8 Å². The smallest absolute Gasteiger partial charge is 0.268 e. The Hall–Kier alpha value is -3.07. The Balaban J connectivity index is 1.61. The van der Waals surface area contributed by atoms with Crippen LogP contribution in [0, 0.1) is 18.3 Å². The first kappa shape index (κ1) is 13.6. The van der Waals surface area contributed by atoms with E-state index in [1.165, 1.54) is 0 Å². The lowest BCUT2D eigenvalue weighted by Crippen LogP contribution is -2.35. The van der Waals surface area contributed by atoms with Crippen LogP contribution in [0.4, 0.5) is 0 Å². The molecule has 0 bridgehead atoms. The first-order chi connectivity index (χ1) is 11.1. The summed E-state index contributed by atoms with van der Waals surface area (Å²) >= 11 is 0. The molecule has 1 fully saturated rings. The molecule has 2 aromatic heterocycles. The highest BCUT2D eigenvalue weighted by Gasteiger charge is 2.48. The molecule has 6 nitrogen and oxygen atoms in total. The van der Waals surface area contributed by atoms with Crippen molar-refractivity contribution in [1.82, 2.24) is 15.5 Å². The fourth-order valence-corrected chi connectivity index (χ4v) is 2.77. The number of fused-ring (bicyclic) bond motifs is 1. The Morgan fingerprint density at radius 3 is 2.87 bits per heavy atom. The third kappa shape index (κ3) is 2.27. The topological polar surface area (TPSA) is 94.7 Å². The summed E-state index contributed by atoms with van der Waals surface area (Å²) in [7, 11) is 0. The van der Waals surface area contributed by atoms with Crippen LogP contribution in [0.1, 0.15) is 40.3 Å². The summed E-state index contributed by atoms with van der Waals surface area (Å²) < 4.78 is 5.11. The molecule has 0 atom stereocenters. The number of benzene rings is 1. The third-order valence-electron chi connectivity index (χ3n) is 4.22. The van der Waals surface area contributed by atoms with Crippen LogP contribution in [-0.4, -0.2) is 16.0 Å². The van der Waals surface area contributed by atoms with Crippen LogP contribution in [-0.2, 0) is 5.54 Å². The maximum absolute atomic E-state index is 12.5. The van der Waals surface area contributed by atoms with Crippen molar-refractivity contribution in [3.63, 3.8) is 0 Å². The van der Waals surface area contributed by atoms with Gasteiger partial charge >= 0.3 is 0 Å². The minimum absolute atomic E-state index is 0.183. The van der Waals surface area contributed by atoms with E-state index < -0.39 is 5.54 Å². The molecule has 2 heterocycles. The van der Waals surface area contributed by atoms with Gasteiger partial charge in [-0.05, 0) is 44.0 Å². The highest BCUT2D eigenvalue weighted by atomic mass is 16.5. The maximum Gasteiger partial charge on any atom is 0.268 e. The molecule has 3 aromatic rings. The first-order valence-electron chi connectivity index (χ1n) is 7.39. The molecule has 2 N–H and O–H groups in total. The Kier molecular flexibility index (Phi) is 2.78. The number of amides is 1. The zero-order valence-electron chi connectivity index (χ0n) is 12.5. The van der Waals surface area contributed by atoms with Crippen molar-refractivity contribution in [1.29, 1.82) is 5.26 Å². The van der Waals surface area contributed by atoms with E-state index in [1.807, 2.05) is 13.0 Å². The third-order valence-corrected chi connectivity index (χ3v) is 4.22. The number of hydrogen-bond donors (Lipinski definition) is 2. The number of H-pyrrole nitrogens is 1. The number of nitrogens with zero attached hydrogens (tertiary/aromatic N) is 2. The van der Waals surface area contributed by atoms with Crippen molar-refractivity contribution in [3.05, 3.63) is 53.0 Å². The fraction of sp³-hybridized carbons (Fsp3) is 0.235. The predicted molar refractivity (Wildman–Crippen MR) is 82.6 cm³/mol. The molecular weight excluding hydrogens is 292 g/mol. The fourth-order valence-electron chi connectivity index (χ4n) is 2.77. The monoisotopic (exact) mass is 306 g/mol. The molecule has 114 valence electrons. The van der Waals surface area contributed by atoms with Crippen LogP contribution >= 0.6 is 0 Å². The van der Waals surface area contributed by atoms with Gasteiger partial charge in [0, 0.05) is 17.0 Å². The number of aromatic nitrogens is 2. The van der Waals surface area contributed by atoms with Gasteiger partial charge in [-0.1, -0.05) is 5.16 Å². The molecule has 1 aliphatic carbocycles. The van der Waals surface area contributed by atoms with Crippen LogP contribution in [0.15, 0.2) is 34.9 Å². The lowest BCUT2D eigenvalue weighted by atomic mass is 10.1. The molecule has 0 aliphatic heterocycles. The standard InChI is InChI=1S/C17H14N4O2/c1-10-6-15(21-23-10)17(4-5-17)20-16(22)14-8-12-7-11(9-18)2-3-13(12)19-14/h2-3,6-8,19H,4-5H2,1H3,(H,20,22). The van der Waals surface area contributed by atoms with Crippen LogP contribution in [0.5, 0.6) is 0 Å². The number of rotatable bonds is 3. The number of nitrogens with one attached hydrogen (secondary N) is 2. The van der Waals surface area contributed by atoms with Crippen molar-refractivity contribution in [2.45, 2.75) is 25.3 Å². The number of aryl methyl sites for hydroxylation is 1. The second kappa shape index (κ2) is 4.71. The van der Waals surface area contributed by atoms with Gasteiger partial charge in [-0.15, -0.1) is 0 Å². The average molecular weight is 306 g/mol. The number of hydrogen-bond acceptors (Lipinski definition) is 4. The molecular formula is C17H14N4O2. The van der Waals surface area contributed by atoms with Gasteiger partial charge in [0.05, 0.1) is 17.2 Å². The van der Waals surface area contributed by atoms with Crippen molar-refractivity contribution in [2.75, 3.05) is 0 Å². The van der Waals surface area contributed by atoms with Crippen molar-refractivity contribution >= 4 is 16.8 Å². The van der Waals surface area contributed by atoms with E-state index in [0.717, 1.165) is 35.2 Å². The Morgan fingerprint density at radius 2 is 2.22 bits per heavy atom. The number of nitriles is 1. The van der Waals surface area contributed by atoms with Gasteiger partial charge in [0.15, 0.2) is 0 Å². The Labute approximate surface area is 132 Å². The van der Waals surface area contributed by atoms with Gasteiger partial charge in [-0.25, -0.2) is 0 Å². The van der Waals surface area contributed by atoms with E-state index >= 15 is 0 Å². The van der Waals surface area contributed by atoms with E-state index in [9.17, 15) is 4.79 Å². The molecule has 1 amide bonds. The SMILES string of the molecule is Cc1cc(C2(NC(=O)c3cc4cc(C#N)ccc4[nH]3)CC2)no1. The largest absolute Gasteiger partial charge is 0.361 e. The first-order valence-corrected chi connectivity index (χ1v) is 7.39. The molecule has 0 saturated heterocycles. The summed E-state index contributed by atoms with van der Waals surface area (Å²) in [5.74, 6) is 0.549. The summed E-state index contributed by atoms with van der Waals surface area (Å²) in [5.41, 5.74) is 2.23. The maximum atomic E-state index is 12.5. The minimum Gasteiger partial charge on any atom is -0.361 e. The van der Waals surface area contributed by atoms with Gasteiger partial charge in [0.2, 0.25) is 0 Å². The van der Waals surface area contributed by atoms with Crippen molar-refractivity contribution in [3.8, 4) is 6.07 Å². The van der Waals surface area contributed by atoms with Crippen LogP contribution in [0.3, 0.4) is 0 Å². The van der Waals surface area contributed by atoms with E-state index in [1.54, 1.807) is 24.3 Å². The Morgan fingerprint density at radius 1 is 1.39 bits per heavy atom. The lowest BCUT2D eigenvalue weighted by Gasteiger charge is -2.13. The molecule has 1 saturated carbocycles. The summed E-state index contributed by atoms with van der Waals surface area (Å²) in [5, 5.41) is 16.9. The summed E-state index contributed by atoms with van der Waals surface area (Å²) in [4.78, 5) is 15.6. The van der Waals surface area contributed by atoms with Crippen LogP contribution < -0.4 is 5.32 Å². The molecule has 23 heavy (non-hydrogen) atoms. The quantitative estimate of drug-likeness (QED) is 0.778. The van der Waals surface area contributed by atoms with Gasteiger partial charge in [-0.2, -0.15) is 5.26 Å². The normalized spacial score (nSPS) is 15.3. The van der Waals surface area contributed by atoms with E-state index in [4.69, 9.17) is 9.78 Å². The van der Waals surface area contributed by atoms with E-state index in [-0.39, 0.29) is 5.91 Å². The number of carbonyl (C=O) groups is 1. The molecule has 4 rings (SSSR count). The molecule has 1 aromatic carbocycles. The summed E-state index contributed by atoms with van der Waals surface area (Å²) in [6.45, 7) is 1.83. The van der Waals surface area contributed by atoms with Crippen molar-refractivity contribution in [2.24, 2.45) is 0 Å². The van der Waals surface area contributed by atoms with Crippen molar-refractivity contribution < 1.29 is 9.32 Å². The lowest BCUT2D eigenvalue weighted by molar-refractivity contribution is 0.0925. The molecule has 0 spiro atoms. The second-order valence-electron chi connectivity index (χ2n) is 5.96.